The van der Waals surface area contributed by atoms with Crippen molar-refractivity contribution in [3.05, 3.63) is 41.4 Å². The van der Waals surface area contributed by atoms with Crippen LogP contribution in [-0.2, 0) is 19.1 Å². The van der Waals surface area contributed by atoms with Crippen LogP contribution < -0.4 is 5.32 Å². The Hall–Kier alpha value is -2.38. The van der Waals surface area contributed by atoms with Gasteiger partial charge in [-0.05, 0) is 31.4 Å². The predicted octanol–water partition coefficient (Wildman–Crippen LogP) is 2.88. The maximum absolute atomic E-state index is 13.4. The number of para-hydroxylation sites is 1. The number of aliphatic hydroxyl groups excluding tert-OH is 1. The van der Waals surface area contributed by atoms with E-state index < -0.39 is 35.7 Å². The second-order valence-electron chi connectivity index (χ2n) is 7.89. The normalized spacial score (nSPS) is 27.2. The maximum atomic E-state index is 13.4. The average molecular weight is 449 g/mol. The van der Waals surface area contributed by atoms with Crippen LogP contribution in [0.25, 0.3) is 0 Å². The highest BCUT2D eigenvalue weighted by atomic mass is 35.5. The van der Waals surface area contributed by atoms with Gasteiger partial charge in [-0.2, -0.15) is 0 Å². The standard InChI is InChI=1S/C23H29ClN2O5/c1-3-7-14-10-11-15-19(18(14)23(30)31-4-2)22(29)26(12-13-27)20(15)21(28)25-17-9-6-5-8-16(17)24/h5-6,8-11,14-15,18-20,27H,3-4,7,12-13H2,1-2H3,(H,25,28)/t14-,15+,18-,19+,20+/m1/s1. The van der Waals surface area contributed by atoms with Crippen LogP contribution in [0.5, 0.6) is 0 Å². The largest absolute Gasteiger partial charge is 0.466 e. The molecule has 7 nitrogen and oxygen atoms in total. The number of ether oxygens (including phenoxy) is 1. The maximum Gasteiger partial charge on any atom is 0.310 e. The van der Waals surface area contributed by atoms with E-state index in [1.54, 1.807) is 31.2 Å². The molecular weight excluding hydrogens is 420 g/mol. The molecule has 0 radical (unpaired) electrons. The lowest BCUT2D eigenvalue weighted by Gasteiger charge is -2.33. The molecule has 168 valence electrons. The number of halogens is 1. The van der Waals surface area contributed by atoms with Gasteiger partial charge in [0.2, 0.25) is 11.8 Å². The number of hydrogen-bond acceptors (Lipinski definition) is 5. The Balaban J connectivity index is 1.97. The van der Waals surface area contributed by atoms with Gasteiger partial charge in [-0.1, -0.05) is 49.2 Å². The van der Waals surface area contributed by atoms with E-state index in [4.69, 9.17) is 16.3 Å². The zero-order chi connectivity index (χ0) is 22.5. The minimum absolute atomic E-state index is 0.00821. The van der Waals surface area contributed by atoms with Gasteiger partial charge in [0.15, 0.2) is 0 Å². The fourth-order valence-corrected chi connectivity index (χ4v) is 4.97. The highest BCUT2D eigenvalue weighted by Crippen LogP contribution is 2.45. The summed E-state index contributed by atoms with van der Waals surface area (Å²) in [4.78, 5) is 40.9. The third-order valence-corrected chi connectivity index (χ3v) is 6.36. The molecule has 0 bridgehead atoms. The summed E-state index contributed by atoms with van der Waals surface area (Å²) in [6, 6.07) is 6.00. The molecule has 1 heterocycles. The van der Waals surface area contributed by atoms with Gasteiger partial charge in [-0.25, -0.2) is 0 Å². The van der Waals surface area contributed by atoms with E-state index in [1.807, 2.05) is 19.1 Å². The van der Waals surface area contributed by atoms with E-state index in [-0.39, 0.29) is 31.6 Å². The number of rotatable bonds is 8. The van der Waals surface area contributed by atoms with Gasteiger partial charge in [-0.3, -0.25) is 14.4 Å². The fraction of sp³-hybridized carbons (Fsp3) is 0.522. The number of amides is 2. The minimum atomic E-state index is -0.850. The topological polar surface area (TPSA) is 95.9 Å². The minimum Gasteiger partial charge on any atom is -0.466 e. The molecular formula is C23H29ClN2O5. The lowest BCUT2D eigenvalue weighted by molar-refractivity contribution is -0.155. The number of nitrogens with one attached hydrogen (secondary N) is 1. The Morgan fingerprint density at radius 1 is 1.23 bits per heavy atom. The Kier molecular flexibility index (Phi) is 7.73. The van der Waals surface area contributed by atoms with E-state index >= 15 is 0 Å². The summed E-state index contributed by atoms with van der Waals surface area (Å²) in [5.74, 6) is -3.09. The molecule has 31 heavy (non-hydrogen) atoms. The van der Waals surface area contributed by atoms with Crippen molar-refractivity contribution >= 4 is 35.1 Å². The molecule has 1 aliphatic heterocycles. The quantitative estimate of drug-likeness (QED) is 0.471. The summed E-state index contributed by atoms with van der Waals surface area (Å²) in [6.07, 6.45) is 5.42. The molecule has 1 aromatic rings. The van der Waals surface area contributed by atoms with Gasteiger partial charge in [0.25, 0.3) is 0 Å². The molecule has 5 atom stereocenters. The van der Waals surface area contributed by atoms with Crippen molar-refractivity contribution in [2.75, 3.05) is 25.1 Å². The average Bonchev–Trinajstić information content (AvgIpc) is 3.02. The molecule has 2 N–H and O–H groups in total. The van der Waals surface area contributed by atoms with Crippen molar-refractivity contribution in [3.8, 4) is 0 Å². The number of carbonyl (C=O) groups is 3. The van der Waals surface area contributed by atoms with Crippen molar-refractivity contribution in [1.29, 1.82) is 0 Å². The number of esters is 1. The second-order valence-corrected chi connectivity index (χ2v) is 8.29. The molecule has 0 spiro atoms. The van der Waals surface area contributed by atoms with Gasteiger partial charge in [-0.15, -0.1) is 0 Å². The number of allylic oxidation sites excluding steroid dienone is 1. The Bertz CT molecular complexity index is 858. The zero-order valence-electron chi connectivity index (χ0n) is 17.8. The van der Waals surface area contributed by atoms with Crippen molar-refractivity contribution in [3.63, 3.8) is 0 Å². The number of hydrogen-bond donors (Lipinski definition) is 2. The smallest absolute Gasteiger partial charge is 0.310 e. The molecule has 0 saturated carbocycles. The van der Waals surface area contributed by atoms with E-state index in [1.165, 1.54) is 4.90 Å². The predicted molar refractivity (Wildman–Crippen MR) is 117 cm³/mol. The first-order valence-electron chi connectivity index (χ1n) is 10.8. The highest BCUT2D eigenvalue weighted by molar-refractivity contribution is 6.33. The summed E-state index contributed by atoms with van der Waals surface area (Å²) >= 11 is 6.18. The first-order chi connectivity index (χ1) is 14.9. The van der Waals surface area contributed by atoms with Crippen LogP contribution in [0, 0.1) is 23.7 Å². The van der Waals surface area contributed by atoms with Gasteiger partial charge in [0, 0.05) is 12.5 Å². The highest BCUT2D eigenvalue weighted by Gasteiger charge is 2.57. The van der Waals surface area contributed by atoms with E-state index in [9.17, 15) is 19.5 Å². The van der Waals surface area contributed by atoms with Crippen molar-refractivity contribution in [2.24, 2.45) is 23.7 Å². The molecule has 0 aromatic heterocycles. The Labute approximate surface area is 187 Å². The first kappa shape index (κ1) is 23.3. The third-order valence-electron chi connectivity index (χ3n) is 6.03. The summed E-state index contributed by atoms with van der Waals surface area (Å²) in [6.45, 7) is 3.70. The second kappa shape index (κ2) is 10.3. The Morgan fingerprint density at radius 3 is 2.61 bits per heavy atom. The van der Waals surface area contributed by atoms with Gasteiger partial charge in [0.05, 0.1) is 35.8 Å². The van der Waals surface area contributed by atoms with Crippen molar-refractivity contribution in [2.45, 2.75) is 32.7 Å². The molecule has 0 unspecified atom stereocenters. The van der Waals surface area contributed by atoms with Crippen LogP contribution in [0.4, 0.5) is 5.69 Å². The third kappa shape index (κ3) is 4.62. The van der Waals surface area contributed by atoms with Crippen LogP contribution >= 0.6 is 11.6 Å². The molecule has 8 heteroatoms. The van der Waals surface area contributed by atoms with Crippen LogP contribution in [-0.4, -0.2) is 53.6 Å². The van der Waals surface area contributed by atoms with Crippen LogP contribution in [0.1, 0.15) is 26.7 Å². The summed E-state index contributed by atoms with van der Waals surface area (Å²) in [5, 5.41) is 12.7. The lowest BCUT2D eigenvalue weighted by atomic mass is 9.69. The van der Waals surface area contributed by atoms with Crippen LogP contribution in [0.3, 0.4) is 0 Å². The lowest BCUT2D eigenvalue weighted by Crippen LogP contribution is -2.45. The number of anilines is 1. The van der Waals surface area contributed by atoms with E-state index in [0.29, 0.717) is 10.7 Å². The summed E-state index contributed by atoms with van der Waals surface area (Å²) < 4.78 is 5.31. The van der Waals surface area contributed by atoms with Gasteiger partial charge >= 0.3 is 5.97 Å². The van der Waals surface area contributed by atoms with Gasteiger partial charge in [0.1, 0.15) is 6.04 Å². The summed E-state index contributed by atoms with van der Waals surface area (Å²) in [7, 11) is 0. The molecule has 1 saturated heterocycles. The van der Waals surface area contributed by atoms with Crippen molar-refractivity contribution in [1.82, 2.24) is 4.90 Å². The number of nitrogens with zero attached hydrogens (tertiary/aromatic N) is 1. The van der Waals surface area contributed by atoms with Crippen molar-refractivity contribution < 1.29 is 24.2 Å². The molecule has 2 aliphatic rings. The monoisotopic (exact) mass is 448 g/mol. The fourth-order valence-electron chi connectivity index (χ4n) is 4.78. The molecule has 1 aliphatic carbocycles. The number of likely N-dealkylation sites (tertiary alicyclic amines) is 1. The number of aliphatic hydroxyl groups is 1. The van der Waals surface area contributed by atoms with Crippen LogP contribution in [0.15, 0.2) is 36.4 Å². The number of carbonyl (C=O) groups excluding carboxylic acids is 3. The molecule has 1 aromatic carbocycles. The number of benzene rings is 1. The van der Waals surface area contributed by atoms with E-state index in [2.05, 4.69) is 5.32 Å². The van der Waals surface area contributed by atoms with E-state index in [0.717, 1.165) is 12.8 Å². The molecule has 2 amide bonds. The SMILES string of the molecule is CCC[C@@H]1C=C[C@H]2[C@H](C(=O)N(CCO)[C@@H]2C(=O)Nc2ccccc2Cl)[C@@H]1C(=O)OCC. The summed E-state index contributed by atoms with van der Waals surface area (Å²) in [5.41, 5.74) is 0.444. The zero-order valence-corrected chi connectivity index (χ0v) is 18.5. The Morgan fingerprint density at radius 2 is 1.97 bits per heavy atom. The van der Waals surface area contributed by atoms with Crippen LogP contribution in [0.2, 0.25) is 5.02 Å². The molecule has 1 fully saturated rings. The van der Waals surface area contributed by atoms with Gasteiger partial charge < -0.3 is 20.1 Å². The molecule has 3 rings (SSSR count). The number of β-amino-alcohol motifs (C(OH)–C–C–N with tert-alkyl or cyclic N) is 1. The first-order valence-corrected chi connectivity index (χ1v) is 11.1. The number of fused-ring (bicyclic) bond motifs is 1.